The third-order valence-electron chi connectivity index (χ3n) is 4.07. The summed E-state index contributed by atoms with van der Waals surface area (Å²) >= 11 is 0. The number of hydrogen-bond acceptors (Lipinski definition) is 5. The first kappa shape index (κ1) is 21.3. The minimum atomic E-state index is -4.65. The van der Waals surface area contributed by atoms with Gasteiger partial charge in [-0.3, -0.25) is 14.3 Å². The first-order valence-electron chi connectivity index (χ1n) is 8.99. The summed E-state index contributed by atoms with van der Waals surface area (Å²) in [5, 5.41) is 13.7. The largest absolute Gasteiger partial charge is 0.491 e. The predicted molar refractivity (Wildman–Crippen MR) is 100 cm³/mol. The van der Waals surface area contributed by atoms with Crippen LogP contribution in [0, 0.1) is 0 Å². The number of pyridine rings is 1. The van der Waals surface area contributed by atoms with Crippen molar-refractivity contribution in [2.45, 2.75) is 39.1 Å². The number of carbonyl (C=O) groups excluding carboxylic acids is 1. The molecule has 3 rings (SSSR count). The van der Waals surface area contributed by atoms with Gasteiger partial charge in [0.2, 0.25) is 0 Å². The van der Waals surface area contributed by atoms with Crippen LogP contribution >= 0.6 is 0 Å². The van der Waals surface area contributed by atoms with Crippen LogP contribution in [-0.4, -0.2) is 37.7 Å². The van der Waals surface area contributed by atoms with Crippen molar-refractivity contribution in [3.63, 3.8) is 0 Å². The molecular formula is C20H18F3N3O4. The normalized spacial score (nSPS) is 11.8. The highest BCUT2D eigenvalue weighted by Crippen LogP contribution is 2.29. The molecule has 30 heavy (non-hydrogen) atoms. The zero-order valence-corrected chi connectivity index (χ0v) is 16.1. The number of carboxylic acids is 1. The molecule has 0 spiro atoms. The minimum Gasteiger partial charge on any atom is -0.491 e. The molecule has 2 aromatic heterocycles. The Morgan fingerprint density at radius 1 is 1.23 bits per heavy atom. The maximum Gasteiger partial charge on any atom is 0.433 e. The van der Waals surface area contributed by atoms with Gasteiger partial charge in [0.25, 0.3) is 0 Å². The summed E-state index contributed by atoms with van der Waals surface area (Å²) in [6.07, 6.45) is -3.61. The van der Waals surface area contributed by atoms with Gasteiger partial charge in [-0.05, 0) is 32.0 Å². The van der Waals surface area contributed by atoms with Crippen LogP contribution in [0.4, 0.5) is 13.2 Å². The second kappa shape index (κ2) is 8.13. The van der Waals surface area contributed by atoms with E-state index in [1.165, 1.54) is 16.9 Å². The van der Waals surface area contributed by atoms with Crippen LogP contribution in [0.1, 0.15) is 35.6 Å². The first-order valence-corrected chi connectivity index (χ1v) is 8.99. The quantitative estimate of drug-likeness (QED) is 0.584. The summed E-state index contributed by atoms with van der Waals surface area (Å²) in [6, 6.07) is 6.35. The number of halogens is 3. The maximum absolute atomic E-state index is 12.9. The van der Waals surface area contributed by atoms with E-state index in [9.17, 15) is 22.8 Å². The molecule has 3 aromatic rings. The molecule has 0 amide bonds. The first-order chi connectivity index (χ1) is 14.0. The Morgan fingerprint density at radius 2 is 1.97 bits per heavy atom. The Morgan fingerprint density at radius 3 is 2.60 bits per heavy atom. The fourth-order valence-corrected chi connectivity index (χ4v) is 2.88. The summed E-state index contributed by atoms with van der Waals surface area (Å²) in [4.78, 5) is 27.0. The van der Waals surface area contributed by atoms with Crippen LogP contribution in [-0.2, 0) is 23.9 Å². The van der Waals surface area contributed by atoms with Crippen molar-refractivity contribution in [1.82, 2.24) is 14.8 Å². The van der Waals surface area contributed by atoms with Crippen molar-refractivity contribution in [3.05, 3.63) is 53.5 Å². The fraction of sp³-hybridized carbons (Fsp3) is 0.300. The van der Waals surface area contributed by atoms with E-state index in [0.29, 0.717) is 22.2 Å². The minimum absolute atomic E-state index is 0.232. The molecule has 2 heterocycles. The van der Waals surface area contributed by atoms with Crippen LogP contribution in [0.2, 0.25) is 0 Å². The number of aromatic nitrogens is 3. The molecule has 158 valence electrons. The molecule has 10 heteroatoms. The molecule has 0 saturated heterocycles. The number of aliphatic carboxylic acids is 1. The van der Waals surface area contributed by atoms with Crippen molar-refractivity contribution in [2.75, 3.05) is 0 Å². The molecule has 0 atom stereocenters. The molecule has 0 aliphatic carbocycles. The average molecular weight is 421 g/mol. The molecule has 0 saturated carbocycles. The van der Waals surface area contributed by atoms with Crippen molar-refractivity contribution < 1.29 is 32.6 Å². The van der Waals surface area contributed by atoms with Gasteiger partial charge in [0.1, 0.15) is 23.7 Å². The number of carbonyl (C=O) groups is 2. The molecule has 7 nitrogen and oxygen atoms in total. The number of Topliss-reactive ketones (excluding diaryl/α,β-unsaturated/α-hetero) is 1. The highest BCUT2D eigenvalue weighted by Gasteiger charge is 2.33. The van der Waals surface area contributed by atoms with Crippen LogP contribution < -0.4 is 4.74 Å². The third kappa shape index (κ3) is 4.94. The van der Waals surface area contributed by atoms with Crippen LogP contribution in [0.15, 0.2) is 36.5 Å². The van der Waals surface area contributed by atoms with Crippen molar-refractivity contribution in [2.24, 2.45) is 0 Å². The van der Waals surface area contributed by atoms with Gasteiger partial charge in [-0.15, -0.1) is 0 Å². The number of ether oxygens (including phenoxy) is 1. The van der Waals surface area contributed by atoms with E-state index in [-0.39, 0.29) is 24.8 Å². The van der Waals surface area contributed by atoms with Gasteiger partial charge in [-0.2, -0.15) is 18.3 Å². The van der Waals surface area contributed by atoms with Gasteiger partial charge in [0.05, 0.1) is 11.6 Å². The lowest BCUT2D eigenvalue weighted by Gasteiger charge is -2.14. The number of hydrogen-bond donors (Lipinski definition) is 1. The number of nitrogens with zero attached hydrogens (tertiary/aromatic N) is 3. The van der Waals surface area contributed by atoms with E-state index in [4.69, 9.17) is 9.84 Å². The van der Waals surface area contributed by atoms with Gasteiger partial charge in [-0.1, -0.05) is 6.07 Å². The van der Waals surface area contributed by atoms with Crippen molar-refractivity contribution in [3.8, 4) is 5.75 Å². The summed E-state index contributed by atoms with van der Waals surface area (Å²) in [5.41, 5.74) is -0.532. The standard InChI is InChI=1S/C20H18F3N3O4/c1-11(2)30-17-8-15-13(9-26(25-15)10-19(28)29)6-12(17)7-16(27)14-4-3-5-18(24-14)20(21,22)23/h3-6,8-9,11H,7,10H2,1-2H3,(H,28,29). The smallest absolute Gasteiger partial charge is 0.433 e. The van der Waals surface area contributed by atoms with Gasteiger partial charge in [0, 0.05) is 29.6 Å². The lowest BCUT2D eigenvalue weighted by molar-refractivity contribution is -0.141. The number of ketones is 1. The Hall–Kier alpha value is -3.43. The predicted octanol–water partition coefficient (Wildman–Crippen LogP) is 3.75. The second-order valence-electron chi connectivity index (χ2n) is 6.91. The second-order valence-corrected chi connectivity index (χ2v) is 6.91. The molecule has 0 aliphatic heterocycles. The zero-order chi connectivity index (χ0) is 22.1. The van der Waals surface area contributed by atoms with Gasteiger partial charge >= 0.3 is 12.1 Å². The molecule has 1 aromatic carbocycles. The van der Waals surface area contributed by atoms with E-state index >= 15 is 0 Å². The Labute approximate surface area is 169 Å². The highest BCUT2D eigenvalue weighted by molar-refractivity contribution is 5.97. The number of alkyl halides is 3. The van der Waals surface area contributed by atoms with Crippen LogP contribution in [0.5, 0.6) is 5.75 Å². The Bertz CT molecular complexity index is 1110. The van der Waals surface area contributed by atoms with E-state index in [1.807, 2.05) is 0 Å². The van der Waals surface area contributed by atoms with Gasteiger partial charge in [-0.25, -0.2) is 4.98 Å². The molecule has 0 radical (unpaired) electrons. The zero-order valence-electron chi connectivity index (χ0n) is 16.1. The lowest BCUT2D eigenvalue weighted by Crippen LogP contribution is -2.14. The molecule has 0 bridgehead atoms. The molecule has 0 unspecified atom stereocenters. The maximum atomic E-state index is 12.9. The third-order valence-corrected chi connectivity index (χ3v) is 4.07. The van der Waals surface area contributed by atoms with E-state index < -0.39 is 23.6 Å². The average Bonchev–Trinajstić information content (AvgIpc) is 3.01. The summed E-state index contributed by atoms with van der Waals surface area (Å²) in [6.45, 7) is 3.23. The van der Waals surface area contributed by atoms with E-state index in [1.54, 1.807) is 26.0 Å². The number of carboxylic acid groups (broad SMARTS) is 1. The monoisotopic (exact) mass is 421 g/mol. The van der Waals surface area contributed by atoms with E-state index in [2.05, 4.69) is 10.1 Å². The molecule has 1 N–H and O–H groups in total. The fourth-order valence-electron chi connectivity index (χ4n) is 2.88. The topological polar surface area (TPSA) is 94.3 Å². The summed E-state index contributed by atoms with van der Waals surface area (Å²) in [5.74, 6) is -1.32. The van der Waals surface area contributed by atoms with E-state index in [0.717, 1.165) is 12.1 Å². The summed E-state index contributed by atoms with van der Waals surface area (Å²) in [7, 11) is 0. The number of fused-ring (bicyclic) bond motifs is 1. The summed E-state index contributed by atoms with van der Waals surface area (Å²) < 4.78 is 45.6. The van der Waals surface area contributed by atoms with Crippen LogP contribution in [0.25, 0.3) is 10.9 Å². The van der Waals surface area contributed by atoms with Gasteiger partial charge < -0.3 is 9.84 Å². The Kier molecular flexibility index (Phi) is 5.77. The Balaban J connectivity index is 1.96. The number of benzene rings is 1. The van der Waals surface area contributed by atoms with Crippen molar-refractivity contribution in [1.29, 1.82) is 0 Å². The number of rotatable bonds is 7. The molecular weight excluding hydrogens is 403 g/mol. The highest BCUT2D eigenvalue weighted by atomic mass is 19.4. The van der Waals surface area contributed by atoms with Crippen LogP contribution in [0.3, 0.4) is 0 Å². The lowest BCUT2D eigenvalue weighted by atomic mass is 10.0. The SMILES string of the molecule is CC(C)Oc1cc2nn(CC(=O)O)cc2cc1CC(=O)c1cccc(C(F)(F)F)n1. The molecule has 0 aliphatic rings. The van der Waals surface area contributed by atoms with Crippen molar-refractivity contribution >= 4 is 22.7 Å². The van der Waals surface area contributed by atoms with Gasteiger partial charge in [0.15, 0.2) is 5.78 Å². The molecule has 0 fully saturated rings.